The van der Waals surface area contributed by atoms with Gasteiger partial charge in [-0.3, -0.25) is 0 Å². The summed E-state index contributed by atoms with van der Waals surface area (Å²) in [5, 5.41) is 0. The van der Waals surface area contributed by atoms with Gasteiger partial charge in [0.1, 0.15) is 13.8 Å². The van der Waals surface area contributed by atoms with Crippen LogP contribution in [0.25, 0.3) is 0 Å². The van der Waals surface area contributed by atoms with E-state index in [2.05, 4.69) is 6.72 Å². The van der Waals surface area contributed by atoms with Gasteiger partial charge in [0, 0.05) is 0 Å². The molecule has 0 aromatic rings. The van der Waals surface area contributed by atoms with Gasteiger partial charge < -0.3 is 0 Å². The highest BCUT2D eigenvalue weighted by Crippen LogP contribution is 2.40. The van der Waals surface area contributed by atoms with E-state index in [1.54, 1.807) is 0 Å². The molecule has 0 aromatic heterocycles. The average molecular weight is 224 g/mol. The molecule has 14 heavy (non-hydrogen) atoms. The summed E-state index contributed by atoms with van der Waals surface area (Å²) in [6.45, 7) is 2.59. The molecule has 0 amide bonds. The number of alkyl halides is 6. The summed E-state index contributed by atoms with van der Waals surface area (Å²) in [7, 11) is 0.632. The SMILES string of the molecule is C=[N+](C)C(F)=C(C(F)(F)F)C(F)(F)F. The van der Waals surface area contributed by atoms with Crippen molar-refractivity contribution in [1.82, 2.24) is 0 Å². The first-order valence-corrected chi connectivity index (χ1v) is 3.06. The number of nitrogens with zero attached hydrogens (tertiary/aromatic N) is 1. The molecule has 1 nitrogen and oxygen atoms in total. The molecule has 0 rings (SSSR count). The maximum absolute atomic E-state index is 12.5. The van der Waals surface area contributed by atoms with E-state index in [1.807, 2.05) is 0 Å². The molecule has 0 saturated carbocycles. The van der Waals surface area contributed by atoms with Crippen LogP contribution in [0.2, 0.25) is 0 Å². The lowest BCUT2D eigenvalue weighted by atomic mass is 10.2. The average Bonchev–Trinajstić information content (AvgIpc) is 1.79. The minimum atomic E-state index is -5.80. The van der Waals surface area contributed by atoms with Crippen LogP contribution in [0.4, 0.5) is 30.7 Å². The molecule has 0 aromatic carbocycles. The van der Waals surface area contributed by atoms with Gasteiger partial charge in [-0.15, -0.1) is 4.39 Å². The largest absolute Gasteiger partial charge is 0.430 e. The summed E-state index contributed by atoms with van der Waals surface area (Å²) in [4.78, 5) is 0. The van der Waals surface area contributed by atoms with E-state index in [-0.39, 0.29) is 4.58 Å². The molecule has 0 radical (unpaired) electrons. The summed E-state index contributed by atoms with van der Waals surface area (Å²) < 4.78 is 82.9. The molecule has 0 N–H and O–H groups in total. The van der Waals surface area contributed by atoms with Gasteiger partial charge in [0.25, 0.3) is 0 Å². The Labute approximate surface area is 74.1 Å². The highest BCUT2D eigenvalue weighted by molar-refractivity contribution is 5.21. The van der Waals surface area contributed by atoms with Crippen LogP contribution in [0.3, 0.4) is 0 Å². The van der Waals surface area contributed by atoms with Crippen LogP contribution in [-0.2, 0) is 0 Å². The highest BCUT2D eigenvalue weighted by atomic mass is 19.4. The van der Waals surface area contributed by atoms with E-state index >= 15 is 0 Å². The van der Waals surface area contributed by atoms with Crippen LogP contribution in [0.1, 0.15) is 0 Å². The van der Waals surface area contributed by atoms with Crippen molar-refractivity contribution < 1.29 is 35.3 Å². The van der Waals surface area contributed by atoms with Gasteiger partial charge in [-0.25, -0.2) is 0 Å². The highest BCUT2D eigenvalue weighted by Gasteiger charge is 2.56. The smallest absolute Gasteiger partial charge is 0.183 e. The van der Waals surface area contributed by atoms with Crippen LogP contribution >= 0.6 is 0 Å². The van der Waals surface area contributed by atoms with E-state index in [0.29, 0.717) is 7.05 Å². The Balaban J connectivity index is 5.57. The summed E-state index contributed by atoms with van der Waals surface area (Å²) >= 11 is 0. The van der Waals surface area contributed by atoms with Crippen LogP contribution in [-0.4, -0.2) is 30.7 Å². The zero-order chi connectivity index (χ0) is 11.7. The quantitative estimate of drug-likeness (QED) is 0.279. The van der Waals surface area contributed by atoms with Crippen molar-refractivity contribution in [3.8, 4) is 0 Å². The molecule has 82 valence electrons. The first kappa shape index (κ1) is 12.9. The standard InChI is InChI=1S/C6H5F7N/c1-14(2)4(7)3(5(8,9)10)6(11,12)13/h1H2,2H3/q+1. The summed E-state index contributed by atoms with van der Waals surface area (Å²) in [6, 6.07) is 0. The monoisotopic (exact) mass is 224 g/mol. The summed E-state index contributed by atoms with van der Waals surface area (Å²) in [5.74, 6) is -2.47. The van der Waals surface area contributed by atoms with Gasteiger partial charge in [0.2, 0.25) is 5.57 Å². The zero-order valence-corrected chi connectivity index (χ0v) is 6.80. The molecule has 0 spiro atoms. The van der Waals surface area contributed by atoms with Crippen molar-refractivity contribution in [3.63, 3.8) is 0 Å². The Kier molecular flexibility index (Phi) is 3.31. The zero-order valence-electron chi connectivity index (χ0n) is 6.80. The molecule has 0 saturated heterocycles. The third kappa shape index (κ3) is 3.00. The van der Waals surface area contributed by atoms with Gasteiger partial charge in [-0.1, -0.05) is 0 Å². The third-order valence-corrected chi connectivity index (χ3v) is 1.11. The fourth-order valence-electron chi connectivity index (χ4n) is 0.585. The topological polar surface area (TPSA) is 3.01 Å². The van der Waals surface area contributed by atoms with E-state index < -0.39 is 23.9 Å². The summed E-state index contributed by atoms with van der Waals surface area (Å²) in [6.07, 6.45) is -11.6. The Bertz CT molecular complexity index is 253. The molecule has 0 bridgehead atoms. The normalized spacial score (nSPS) is 12.6. The van der Waals surface area contributed by atoms with Crippen molar-refractivity contribution in [2.24, 2.45) is 0 Å². The van der Waals surface area contributed by atoms with Crippen molar-refractivity contribution in [3.05, 3.63) is 11.5 Å². The van der Waals surface area contributed by atoms with E-state index in [4.69, 9.17) is 0 Å². The fourth-order valence-corrected chi connectivity index (χ4v) is 0.585. The van der Waals surface area contributed by atoms with Crippen LogP contribution in [0, 0.1) is 0 Å². The summed E-state index contributed by atoms with van der Waals surface area (Å²) in [5.41, 5.74) is -3.19. The Morgan fingerprint density at radius 3 is 1.36 bits per heavy atom. The second-order valence-corrected chi connectivity index (χ2v) is 2.36. The lowest BCUT2D eigenvalue weighted by Crippen LogP contribution is -2.29. The number of halogens is 7. The molecule has 0 aliphatic heterocycles. The van der Waals surface area contributed by atoms with Gasteiger partial charge in [-0.2, -0.15) is 30.9 Å². The first-order valence-electron chi connectivity index (χ1n) is 3.06. The van der Waals surface area contributed by atoms with Crippen molar-refractivity contribution in [2.45, 2.75) is 12.4 Å². The molecule has 0 heterocycles. The molecule has 0 fully saturated rings. The minimum absolute atomic E-state index is 0.143. The van der Waals surface area contributed by atoms with Crippen LogP contribution in [0.15, 0.2) is 11.5 Å². The second-order valence-electron chi connectivity index (χ2n) is 2.36. The first-order chi connectivity index (χ1) is 5.98. The maximum Gasteiger partial charge on any atom is 0.430 e. The van der Waals surface area contributed by atoms with Crippen molar-refractivity contribution in [1.29, 1.82) is 0 Å². The third-order valence-electron chi connectivity index (χ3n) is 1.11. The molecule has 0 atom stereocenters. The number of hydrogen-bond donors (Lipinski definition) is 0. The van der Waals surface area contributed by atoms with Crippen molar-refractivity contribution >= 4 is 6.72 Å². The minimum Gasteiger partial charge on any atom is -0.183 e. The van der Waals surface area contributed by atoms with E-state index in [0.717, 1.165) is 0 Å². The van der Waals surface area contributed by atoms with Crippen LogP contribution < -0.4 is 0 Å². The number of rotatable bonds is 1. The predicted molar refractivity (Wildman–Crippen MR) is 33.5 cm³/mol. The lowest BCUT2D eigenvalue weighted by molar-refractivity contribution is -0.461. The molecule has 0 unspecified atom stereocenters. The number of hydrogen-bond acceptors (Lipinski definition) is 0. The maximum atomic E-state index is 12.5. The Hall–Kier alpha value is -1.08. The molecule has 0 aliphatic carbocycles. The number of allylic oxidation sites excluding steroid dienone is 1. The Morgan fingerprint density at radius 1 is 1.00 bits per heavy atom. The molecule has 8 heteroatoms. The lowest BCUT2D eigenvalue weighted by Gasteiger charge is -2.12. The fraction of sp³-hybridized carbons (Fsp3) is 0.500. The molecule has 0 aliphatic rings. The second kappa shape index (κ2) is 3.58. The van der Waals surface area contributed by atoms with E-state index in [1.165, 1.54) is 0 Å². The Morgan fingerprint density at radius 2 is 1.29 bits per heavy atom. The van der Waals surface area contributed by atoms with Crippen molar-refractivity contribution in [2.75, 3.05) is 7.05 Å². The van der Waals surface area contributed by atoms with Gasteiger partial charge in [-0.05, 0) is 0 Å². The predicted octanol–water partition coefficient (Wildman–Crippen LogP) is 2.64. The molecular weight excluding hydrogens is 219 g/mol. The van der Waals surface area contributed by atoms with Gasteiger partial charge in [0.05, 0.1) is 0 Å². The van der Waals surface area contributed by atoms with Gasteiger partial charge >= 0.3 is 18.3 Å². The molecular formula is C6H5F7N+. The van der Waals surface area contributed by atoms with Crippen LogP contribution in [0.5, 0.6) is 0 Å². The van der Waals surface area contributed by atoms with E-state index in [9.17, 15) is 30.7 Å². The van der Waals surface area contributed by atoms with Gasteiger partial charge in [0.15, 0.2) is 0 Å².